The number of nitrogens with zero attached hydrogens (tertiary/aromatic N) is 2. The lowest BCUT2D eigenvalue weighted by Crippen LogP contribution is -2.17. The van der Waals surface area contributed by atoms with Crippen LogP contribution in [-0.4, -0.2) is 17.1 Å². The molecule has 0 spiro atoms. The smallest absolute Gasteiger partial charge is 0.274 e. The predicted molar refractivity (Wildman–Crippen MR) is 100 cm³/mol. The second kappa shape index (κ2) is 7.50. The summed E-state index contributed by atoms with van der Waals surface area (Å²) in [5.74, 6) is 0.189. The summed E-state index contributed by atoms with van der Waals surface area (Å²) in [6.07, 6.45) is 2.92. The molecule has 2 N–H and O–H groups in total. The van der Waals surface area contributed by atoms with Crippen LogP contribution in [0.1, 0.15) is 26.6 Å². The maximum atomic E-state index is 11.9. The maximum Gasteiger partial charge on any atom is 0.274 e. The third kappa shape index (κ3) is 4.26. The average Bonchev–Trinajstić information content (AvgIpc) is 3.15. The lowest BCUT2D eigenvalue weighted by molar-refractivity contribution is 0.0953. The largest absolute Gasteiger partial charge is 0.469 e. The molecule has 0 atom stereocenters. The van der Waals surface area contributed by atoms with E-state index in [0.29, 0.717) is 26.5 Å². The minimum absolute atomic E-state index is 0.317. The van der Waals surface area contributed by atoms with E-state index in [4.69, 9.17) is 16.0 Å². The van der Waals surface area contributed by atoms with E-state index in [1.165, 1.54) is 29.4 Å². The van der Waals surface area contributed by atoms with Crippen LogP contribution in [-0.2, 0) is 0 Å². The standard InChI is InChI=1S/C17H15ClN4O2S/c1-10-3-5-12(6-4-10)20-17-21-15(18)14(25-17)9-19-22-16(23)13-7-8-24-11(13)2/h3-9H,1-2H3,(H,20,21)(H,22,23)/b19-9+. The fourth-order valence-electron chi connectivity index (χ4n) is 2.04. The van der Waals surface area contributed by atoms with Gasteiger partial charge in [-0.25, -0.2) is 10.4 Å². The van der Waals surface area contributed by atoms with Gasteiger partial charge in [0.15, 0.2) is 10.3 Å². The highest BCUT2D eigenvalue weighted by molar-refractivity contribution is 7.17. The highest BCUT2D eigenvalue weighted by Gasteiger charge is 2.11. The van der Waals surface area contributed by atoms with E-state index < -0.39 is 0 Å². The molecule has 2 heterocycles. The summed E-state index contributed by atoms with van der Waals surface area (Å²) in [4.78, 5) is 16.8. The molecule has 2 aromatic heterocycles. The number of hydrogen-bond acceptors (Lipinski definition) is 6. The SMILES string of the molecule is Cc1ccc(Nc2nc(Cl)c(/C=N/NC(=O)c3ccoc3C)s2)cc1. The first-order chi connectivity index (χ1) is 12.0. The van der Waals surface area contributed by atoms with Gasteiger partial charge in [-0.05, 0) is 32.0 Å². The molecule has 3 rings (SSSR count). The molecule has 0 aliphatic carbocycles. The van der Waals surface area contributed by atoms with Crippen molar-refractivity contribution in [3.63, 3.8) is 0 Å². The molecule has 1 aromatic carbocycles. The predicted octanol–water partition coefficient (Wildman–Crippen LogP) is 4.51. The lowest BCUT2D eigenvalue weighted by atomic mass is 10.2. The van der Waals surface area contributed by atoms with Gasteiger partial charge in [0.2, 0.25) is 0 Å². The zero-order chi connectivity index (χ0) is 17.8. The van der Waals surface area contributed by atoms with Crippen molar-refractivity contribution in [3.8, 4) is 0 Å². The summed E-state index contributed by atoms with van der Waals surface area (Å²) in [5, 5.41) is 8.07. The van der Waals surface area contributed by atoms with Gasteiger partial charge in [0.1, 0.15) is 5.76 Å². The first kappa shape index (κ1) is 17.2. The van der Waals surface area contributed by atoms with Crippen LogP contribution < -0.4 is 10.7 Å². The number of carbonyl (C=O) groups excluding carboxylic acids is 1. The Balaban J connectivity index is 1.65. The van der Waals surface area contributed by atoms with Crippen LogP contribution in [0.15, 0.2) is 46.1 Å². The van der Waals surface area contributed by atoms with Gasteiger partial charge in [-0.2, -0.15) is 5.10 Å². The van der Waals surface area contributed by atoms with Crippen molar-refractivity contribution in [1.82, 2.24) is 10.4 Å². The summed E-state index contributed by atoms with van der Waals surface area (Å²) in [7, 11) is 0. The number of nitrogens with one attached hydrogen (secondary N) is 2. The highest BCUT2D eigenvalue weighted by Crippen LogP contribution is 2.28. The number of anilines is 2. The molecule has 0 aliphatic heterocycles. The summed E-state index contributed by atoms with van der Waals surface area (Å²) in [6.45, 7) is 3.74. The van der Waals surface area contributed by atoms with Crippen LogP contribution in [0.25, 0.3) is 0 Å². The number of aryl methyl sites for hydroxylation is 2. The topological polar surface area (TPSA) is 79.5 Å². The van der Waals surface area contributed by atoms with Crippen LogP contribution in [0.4, 0.5) is 10.8 Å². The van der Waals surface area contributed by atoms with Crippen molar-refractivity contribution in [3.05, 3.63) is 63.5 Å². The molecule has 0 unspecified atom stereocenters. The number of halogens is 1. The molecular weight excluding hydrogens is 360 g/mol. The molecule has 0 aliphatic rings. The number of carbonyl (C=O) groups is 1. The molecule has 0 radical (unpaired) electrons. The van der Waals surface area contributed by atoms with E-state index in [9.17, 15) is 4.79 Å². The molecular formula is C17H15ClN4O2S. The Morgan fingerprint density at radius 1 is 1.28 bits per heavy atom. The normalized spacial score (nSPS) is 11.0. The first-order valence-corrected chi connectivity index (χ1v) is 8.60. The fourth-order valence-corrected chi connectivity index (χ4v) is 3.09. The third-order valence-electron chi connectivity index (χ3n) is 3.36. The third-order valence-corrected chi connectivity index (χ3v) is 4.67. The zero-order valence-electron chi connectivity index (χ0n) is 13.5. The van der Waals surface area contributed by atoms with Gasteiger partial charge >= 0.3 is 0 Å². The molecule has 25 heavy (non-hydrogen) atoms. The number of benzene rings is 1. The summed E-state index contributed by atoms with van der Waals surface area (Å²) in [5.41, 5.74) is 4.98. The Kier molecular flexibility index (Phi) is 5.16. The Hall–Kier alpha value is -2.64. The molecule has 3 aromatic rings. The zero-order valence-corrected chi connectivity index (χ0v) is 15.1. The van der Waals surface area contributed by atoms with Gasteiger partial charge in [0.05, 0.1) is 22.9 Å². The molecule has 0 fully saturated rings. The van der Waals surface area contributed by atoms with E-state index >= 15 is 0 Å². The van der Waals surface area contributed by atoms with Crippen LogP contribution >= 0.6 is 22.9 Å². The average molecular weight is 375 g/mol. The van der Waals surface area contributed by atoms with Gasteiger partial charge in [-0.1, -0.05) is 40.6 Å². The second-order valence-corrected chi connectivity index (χ2v) is 6.64. The number of aromatic nitrogens is 1. The van der Waals surface area contributed by atoms with E-state index in [1.54, 1.807) is 13.0 Å². The summed E-state index contributed by atoms with van der Waals surface area (Å²) in [6, 6.07) is 9.53. The van der Waals surface area contributed by atoms with E-state index in [2.05, 4.69) is 20.8 Å². The van der Waals surface area contributed by atoms with Crippen molar-refractivity contribution in [1.29, 1.82) is 0 Å². The number of rotatable bonds is 5. The molecule has 0 bridgehead atoms. The molecule has 128 valence electrons. The number of hydrogen-bond donors (Lipinski definition) is 2. The maximum absolute atomic E-state index is 11.9. The monoisotopic (exact) mass is 374 g/mol. The Morgan fingerprint density at radius 2 is 2.04 bits per heavy atom. The van der Waals surface area contributed by atoms with Crippen molar-refractivity contribution in [2.45, 2.75) is 13.8 Å². The van der Waals surface area contributed by atoms with Crippen LogP contribution in [0, 0.1) is 13.8 Å². The Morgan fingerprint density at radius 3 is 2.72 bits per heavy atom. The van der Waals surface area contributed by atoms with E-state index in [-0.39, 0.29) is 5.91 Å². The van der Waals surface area contributed by atoms with E-state index in [0.717, 1.165) is 5.69 Å². The van der Waals surface area contributed by atoms with Crippen molar-refractivity contribution in [2.75, 3.05) is 5.32 Å². The minimum Gasteiger partial charge on any atom is -0.469 e. The highest BCUT2D eigenvalue weighted by atomic mass is 35.5. The molecule has 8 heteroatoms. The fraction of sp³-hybridized carbons (Fsp3) is 0.118. The van der Waals surface area contributed by atoms with Gasteiger partial charge in [0.25, 0.3) is 5.91 Å². The Bertz CT molecular complexity index is 915. The van der Waals surface area contributed by atoms with Gasteiger partial charge in [0, 0.05) is 5.69 Å². The number of hydrazone groups is 1. The quantitative estimate of drug-likeness (QED) is 0.508. The van der Waals surface area contributed by atoms with Crippen LogP contribution in [0.2, 0.25) is 5.15 Å². The Labute approximate surface area is 153 Å². The van der Waals surface area contributed by atoms with Crippen LogP contribution in [0.5, 0.6) is 0 Å². The van der Waals surface area contributed by atoms with E-state index in [1.807, 2.05) is 31.2 Å². The molecule has 6 nitrogen and oxygen atoms in total. The van der Waals surface area contributed by atoms with Gasteiger partial charge < -0.3 is 9.73 Å². The number of furan rings is 1. The van der Waals surface area contributed by atoms with Crippen molar-refractivity contribution < 1.29 is 9.21 Å². The summed E-state index contributed by atoms with van der Waals surface area (Å²) >= 11 is 7.45. The van der Waals surface area contributed by atoms with Gasteiger partial charge in [-0.3, -0.25) is 4.79 Å². The lowest BCUT2D eigenvalue weighted by Gasteiger charge is -2.01. The molecule has 0 saturated heterocycles. The first-order valence-electron chi connectivity index (χ1n) is 7.40. The minimum atomic E-state index is -0.346. The van der Waals surface area contributed by atoms with Crippen molar-refractivity contribution in [2.24, 2.45) is 5.10 Å². The number of amides is 1. The van der Waals surface area contributed by atoms with Gasteiger partial charge in [-0.15, -0.1) is 0 Å². The summed E-state index contributed by atoms with van der Waals surface area (Å²) < 4.78 is 5.09. The second-order valence-electron chi connectivity index (χ2n) is 5.25. The van der Waals surface area contributed by atoms with Crippen LogP contribution in [0.3, 0.4) is 0 Å². The van der Waals surface area contributed by atoms with Crippen molar-refractivity contribution >= 4 is 45.9 Å². The number of thiazole rings is 1. The molecule has 0 saturated carbocycles. The molecule has 1 amide bonds.